The first-order chi connectivity index (χ1) is 28.2. The van der Waals surface area contributed by atoms with Crippen LogP contribution in [0.2, 0.25) is 0 Å². The molecule has 0 aliphatic heterocycles. The molecule has 344 valence electrons. The molecule has 0 aromatic heterocycles. The van der Waals surface area contributed by atoms with E-state index in [1.807, 2.05) is 0 Å². The van der Waals surface area contributed by atoms with Crippen molar-refractivity contribution in [2.75, 3.05) is 13.2 Å². The van der Waals surface area contributed by atoms with Gasteiger partial charge in [0.15, 0.2) is 6.10 Å². The SMILES string of the molecule is CCCCCCCCCCCCCC(=O)OC[C@H](COC(=O)CCCCCCCCCCCCCCCCCCC(C)C)OC(=O)CCCCCCCCCC(C)C. The lowest BCUT2D eigenvalue weighted by atomic mass is 10.0. The fraction of sp³-hybridized carbons (Fsp3) is 0.942. The largest absolute Gasteiger partial charge is 0.462 e. The van der Waals surface area contributed by atoms with E-state index in [0.29, 0.717) is 19.3 Å². The van der Waals surface area contributed by atoms with Crippen molar-refractivity contribution in [2.24, 2.45) is 11.8 Å². The van der Waals surface area contributed by atoms with E-state index in [2.05, 4.69) is 34.6 Å². The normalized spacial score (nSPS) is 12.1. The minimum atomic E-state index is -0.761. The molecule has 0 spiro atoms. The first-order valence-corrected chi connectivity index (χ1v) is 25.7. The van der Waals surface area contributed by atoms with Crippen molar-refractivity contribution in [3.8, 4) is 0 Å². The van der Waals surface area contributed by atoms with Crippen LogP contribution in [-0.2, 0) is 28.6 Å². The Kier molecular flexibility index (Phi) is 43.7. The van der Waals surface area contributed by atoms with E-state index < -0.39 is 6.10 Å². The first-order valence-electron chi connectivity index (χ1n) is 25.7. The van der Waals surface area contributed by atoms with Gasteiger partial charge in [-0.15, -0.1) is 0 Å². The summed E-state index contributed by atoms with van der Waals surface area (Å²) in [6, 6.07) is 0. The maximum absolute atomic E-state index is 12.7. The van der Waals surface area contributed by atoms with Gasteiger partial charge in [0.05, 0.1) is 0 Å². The van der Waals surface area contributed by atoms with Crippen LogP contribution in [-0.4, -0.2) is 37.2 Å². The van der Waals surface area contributed by atoms with E-state index in [1.54, 1.807) is 0 Å². The second-order valence-corrected chi connectivity index (χ2v) is 18.8. The maximum Gasteiger partial charge on any atom is 0.306 e. The van der Waals surface area contributed by atoms with Crippen LogP contribution in [0.1, 0.15) is 285 Å². The van der Waals surface area contributed by atoms with Crippen molar-refractivity contribution >= 4 is 17.9 Å². The second-order valence-electron chi connectivity index (χ2n) is 18.8. The molecule has 0 aliphatic rings. The smallest absolute Gasteiger partial charge is 0.306 e. The van der Waals surface area contributed by atoms with Gasteiger partial charge >= 0.3 is 17.9 Å². The van der Waals surface area contributed by atoms with E-state index in [-0.39, 0.29) is 31.1 Å². The third-order valence-corrected chi connectivity index (χ3v) is 11.7. The van der Waals surface area contributed by atoms with Gasteiger partial charge in [-0.1, -0.05) is 247 Å². The van der Waals surface area contributed by atoms with Crippen molar-refractivity contribution in [1.82, 2.24) is 0 Å². The van der Waals surface area contributed by atoms with Gasteiger partial charge in [-0.2, -0.15) is 0 Å². The standard InChI is InChI=1S/C52H100O6/c1-6-7-8-9-10-11-18-22-27-32-37-42-50(53)56-45-49(58-52(55)44-39-34-29-24-26-31-36-41-48(4)5)46-57-51(54)43-38-33-28-23-20-17-15-13-12-14-16-19-21-25-30-35-40-47(2)3/h47-49H,6-46H2,1-5H3/t49-/m1/s1. The molecule has 0 amide bonds. The Balaban J connectivity index is 4.21. The molecule has 0 saturated carbocycles. The topological polar surface area (TPSA) is 78.9 Å². The lowest BCUT2D eigenvalue weighted by Crippen LogP contribution is -2.30. The zero-order valence-corrected chi connectivity index (χ0v) is 39.7. The van der Waals surface area contributed by atoms with Crippen LogP contribution in [0.3, 0.4) is 0 Å². The predicted octanol–water partition coefficient (Wildman–Crippen LogP) is 16.5. The Labute approximate surface area is 361 Å². The maximum atomic E-state index is 12.7. The van der Waals surface area contributed by atoms with Gasteiger partial charge in [0.2, 0.25) is 0 Å². The van der Waals surface area contributed by atoms with Crippen LogP contribution in [0, 0.1) is 11.8 Å². The molecule has 0 N–H and O–H groups in total. The number of ether oxygens (including phenoxy) is 3. The average Bonchev–Trinajstić information content (AvgIpc) is 3.19. The summed E-state index contributed by atoms with van der Waals surface area (Å²) in [5.74, 6) is 0.778. The summed E-state index contributed by atoms with van der Waals surface area (Å²) < 4.78 is 16.8. The summed E-state index contributed by atoms with van der Waals surface area (Å²) in [5.41, 5.74) is 0. The Morgan fingerprint density at radius 3 is 0.845 bits per heavy atom. The van der Waals surface area contributed by atoms with E-state index in [9.17, 15) is 14.4 Å². The summed E-state index contributed by atoms with van der Waals surface area (Å²) in [7, 11) is 0. The molecule has 1 atom stereocenters. The van der Waals surface area contributed by atoms with Crippen LogP contribution in [0.4, 0.5) is 0 Å². The van der Waals surface area contributed by atoms with Gasteiger partial charge in [0.25, 0.3) is 0 Å². The number of carbonyl (C=O) groups is 3. The lowest BCUT2D eigenvalue weighted by Gasteiger charge is -2.18. The van der Waals surface area contributed by atoms with Crippen molar-refractivity contribution in [3.63, 3.8) is 0 Å². The number of unbranched alkanes of at least 4 members (excludes halogenated alkanes) is 31. The molecule has 0 unspecified atom stereocenters. The molecule has 0 saturated heterocycles. The molecular weight excluding hydrogens is 721 g/mol. The molecule has 0 heterocycles. The molecule has 6 heteroatoms. The average molecular weight is 821 g/mol. The van der Waals surface area contributed by atoms with E-state index in [1.165, 1.54) is 173 Å². The highest BCUT2D eigenvalue weighted by molar-refractivity contribution is 5.71. The van der Waals surface area contributed by atoms with Crippen LogP contribution in [0.5, 0.6) is 0 Å². The fourth-order valence-corrected chi connectivity index (χ4v) is 7.81. The molecule has 0 aromatic carbocycles. The summed E-state index contributed by atoms with van der Waals surface area (Å²) >= 11 is 0. The predicted molar refractivity (Wildman–Crippen MR) is 247 cm³/mol. The van der Waals surface area contributed by atoms with Crippen molar-refractivity contribution < 1.29 is 28.6 Å². The van der Waals surface area contributed by atoms with Gasteiger partial charge in [0, 0.05) is 19.3 Å². The number of carbonyl (C=O) groups excluding carboxylic acids is 3. The lowest BCUT2D eigenvalue weighted by molar-refractivity contribution is -0.167. The number of hydrogen-bond donors (Lipinski definition) is 0. The summed E-state index contributed by atoms with van der Waals surface area (Å²) in [5, 5.41) is 0. The molecule has 6 nitrogen and oxygen atoms in total. The molecule has 58 heavy (non-hydrogen) atoms. The zero-order valence-electron chi connectivity index (χ0n) is 39.7. The van der Waals surface area contributed by atoms with Crippen LogP contribution in [0.25, 0.3) is 0 Å². The molecule has 0 bridgehead atoms. The van der Waals surface area contributed by atoms with E-state index in [0.717, 1.165) is 69.6 Å². The van der Waals surface area contributed by atoms with E-state index >= 15 is 0 Å². The van der Waals surface area contributed by atoms with Gasteiger partial charge in [0.1, 0.15) is 13.2 Å². The molecule has 0 rings (SSSR count). The van der Waals surface area contributed by atoms with Gasteiger partial charge in [-0.25, -0.2) is 0 Å². The van der Waals surface area contributed by atoms with Gasteiger partial charge in [-0.3, -0.25) is 14.4 Å². The number of hydrogen-bond acceptors (Lipinski definition) is 6. The van der Waals surface area contributed by atoms with Crippen LogP contribution in [0.15, 0.2) is 0 Å². The van der Waals surface area contributed by atoms with Gasteiger partial charge < -0.3 is 14.2 Å². The monoisotopic (exact) mass is 821 g/mol. The van der Waals surface area contributed by atoms with Crippen molar-refractivity contribution in [1.29, 1.82) is 0 Å². The Hall–Kier alpha value is -1.59. The second kappa shape index (κ2) is 44.9. The molecule has 0 radical (unpaired) electrons. The van der Waals surface area contributed by atoms with E-state index in [4.69, 9.17) is 14.2 Å². The van der Waals surface area contributed by atoms with Crippen LogP contribution < -0.4 is 0 Å². The van der Waals surface area contributed by atoms with Crippen LogP contribution >= 0.6 is 0 Å². The van der Waals surface area contributed by atoms with Crippen molar-refractivity contribution in [2.45, 2.75) is 291 Å². The highest BCUT2D eigenvalue weighted by atomic mass is 16.6. The zero-order chi connectivity index (χ0) is 42.6. The highest BCUT2D eigenvalue weighted by Gasteiger charge is 2.19. The third kappa shape index (κ3) is 45.5. The first kappa shape index (κ1) is 56.4. The highest BCUT2D eigenvalue weighted by Crippen LogP contribution is 2.17. The summed E-state index contributed by atoms with van der Waals surface area (Å²) in [6.45, 7) is 11.3. The molecule has 0 aromatic rings. The molecular formula is C52H100O6. The van der Waals surface area contributed by atoms with Gasteiger partial charge in [-0.05, 0) is 31.1 Å². The number of rotatable bonds is 46. The fourth-order valence-electron chi connectivity index (χ4n) is 7.81. The molecule has 0 aliphatic carbocycles. The summed E-state index contributed by atoms with van der Waals surface area (Å²) in [6.07, 6.45) is 45.3. The Morgan fingerprint density at radius 1 is 0.328 bits per heavy atom. The minimum absolute atomic E-state index is 0.0644. The molecule has 0 fully saturated rings. The van der Waals surface area contributed by atoms with Crippen molar-refractivity contribution in [3.05, 3.63) is 0 Å². The Bertz CT molecular complexity index is 885. The quantitative estimate of drug-likeness (QED) is 0.0346. The minimum Gasteiger partial charge on any atom is -0.462 e. The third-order valence-electron chi connectivity index (χ3n) is 11.7. The number of esters is 3. The Morgan fingerprint density at radius 2 is 0.569 bits per heavy atom. The summed E-state index contributed by atoms with van der Waals surface area (Å²) in [4.78, 5) is 37.8.